The van der Waals surface area contributed by atoms with Crippen LogP contribution in [0.25, 0.3) is 0 Å². The summed E-state index contributed by atoms with van der Waals surface area (Å²) in [5, 5.41) is 20.2. The SMILES string of the molecule is Cc1ccc(Nc2c(C(=O)NOC[C@H](O)CO)cc(F)c(F)c2F)cn1. The Morgan fingerprint density at radius 3 is 2.65 bits per heavy atom. The summed E-state index contributed by atoms with van der Waals surface area (Å²) < 4.78 is 41.3. The quantitative estimate of drug-likeness (QED) is 0.435. The number of hydroxylamine groups is 1. The number of halogens is 3. The average Bonchev–Trinajstić information content (AvgIpc) is 2.63. The summed E-state index contributed by atoms with van der Waals surface area (Å²) in [6, 6.07) is 3.61. The van der Waals surface area contributed by atoms with Crippen molar-refractivity contribution in [1.82, 2.24) is 10.5 Å². The van der Waals surface area contributed by atoms with Crippen LogP contribution >= 0.6 is 0 Å². The maximum Gasteiger partial charge on any atom is 0.277 e. The lowest BCUT2D eigenvalue weighted by Gasteiger charge is -2.15. The summed E-state index contributed by atoms with van der Waals surface area (Å²) in [6.07, 6.45) is 0.0689. The van der Waals surface area contributed by atoms with Crippen LogP contribution in [0.3, 0.4) is 0 Å². The lowest BCUT2D eigenvalue weighted by Crippen LogP contribution is -2.30. The van der Waals surface area contributed by atoms with Crippen LogP contribution < -0.4 is 10.8 Å². The van der Waals surface area contributed by atoms with Crippen molar-refractivity contribution < 1.29 is 33.0 Å². The maximum atomic E-state index is 14.2. The van der Waals surface area contributed by atoms with Crippen molar-refractivity contribution >= 4 is 17.3 Å². The van der Waals surface area contributed by atoms with E-state index in [-0.39, 0.29) is 5.69 Å². The molecule has 0 aliphatic rings. The maximum absolute atomic E-state index is 14.2. The van der Waals surface area contributed by atoms with Crippen LogP contribution in [0.15, 0.2) is 24.4 Å². The molecule has 0 unspecified atom stereocenters. The highest BCUT2D eigenvalue weighted by Crippen LogP contribution is 2.28. The molecule has 1 aromatic heterocycles. The van der Waals surface area contributed by atoms with E-state index >= 15 is 0 Å². The topological polar surface area (TPSA) is 104 Å². The van der Waals surface area contributed by atoms with Gasteiger partial charge < -0.3 is 15.5 Å². The zero-order valence-corrected chi connectivity index (χ0v) is 13.6. The third-order valence-electron chi connectivity index (χ3n) is 3.24. The van der Waals surface area contributed by atoms with Gasteiger partial charge in [-0.3, -0.25) is 14.6 Å². The number of aliphatic hydroxyl groups excluding tert-OH is 2. The number of benzene rings is 1. The van der Waals surface area contributed by atoms with Crippen LogP contribution in [0.1, 0.15) is 16.1 Å². The van der Waals surface area contributed by atoms with E-state index in [1.54, 1.807) is 13.0 Å². The van der Waals surface area contributed by atoms with Crippen LogP contribution in [0.4, 0.5) is 24.5 Å². The molecule has 7 nitrogen and oxygen atoms in total. The molecule has 0 saturated heterocycles. The van der Waals surface area contributed by atoms with E-state index in [1.165, 1.54) is 12.3 Å². The molecule has 140 valence electrons. The lowest BCUT2D eigenvalue weighted by atomic mass is 10.1. The van der Waals surface area contributed by atoms with Crippen LogP contribution in [0.2, 0.25) is 0 Å². The largest absolute Gasteiger partial charge is 0.394 e. The molecule has 4 N–H and O–H groups in total. The smallest absolute Gasteiger partial charge is 0.277 e. The first-order chi connectivity index (χ1) is 12.3. The van der Waals surface area contributed by atoms with Gasteiger partial charge in [0.25, 0.3) is 5.91 Å². The molecule has 0 bridgehead atoms. The van der Waals surface area contributed by atoms with Gasteiger partial charge in [-0.1, -0.05) is 0 Å². The Kier molecular flexibility index (Phi) is 6.50. The van der Waals surface area contributed by atoms with Gasteiger partial charge >= 0.3 is 0 Å². The molecule has 26 heavy (non-hydrogen) atoms. The van der Waals surface area contributed by atoms with Gasteiger partial charge in [0.05, 0.1) is 29.7 Å². The molecule has 0 saturated carbocycles. The highest BCUT2D eigenvalue weighted by molar-refractivity contribution is 6.00. The first-order valence-corrected chi connectivity index (χ1v) is 7.41. The Labute approximate surface area is 146 Å². The fraction of sp³-hybridized carbons (Fsp3) is 0.250. The molecule has 0 aliphatic heterocycles. The van der Waals surface area contributed by atoms with Gasteiger partial charge in [-0.2, -0.15) is 0 Å². The number of aryl methyl sites for hydroxylation is 1. The van der Waals surface area contributed by atoms with Crippen LogP contribution in [0, 0.1) is 24.4 Å². The van der Waals surface area contributed by atoms with Gasteiger partial charge in [0, 0.05) is 5.69 Å². The van der Waals surface area contributed by atoms with E-state index in [0.717, 1.165) is 0 Å². The van der Waals surface area contributed by atoms with Gasteiger partial charge in [-0.15, -0.1) is 0 Å². The van der Waals surface area contributed by atoms with E-state index in [1.807, 2.05) is 5.48 Å². The van der Waals surface area contributed by atoms with Crippen molar-refractivity contribution in [2.75, 3.05) is 18.5 Å². The molecular weight excluding hydrogens is 355 g/mol. The molecule has 0 fully saturated rings. The second kappa shape index (κ2) is 8.61. The highest BCUT2D eigenvalue weighted by Gasteiger charge is 2.23. The molecule has 1 aromatic carbocycles. The second-order valence-electron chi connectivity index (χ2n) is 5.30. The summed E-state index contributed by atoms with van der Waals surface area (Å²) >= 11 is 0. The number of aromatic nitrogens is 1. The zero-order chi connectivity index (χ0) is 19.3. The number of anilines is 2. The van der Waals surface area contributed by atoms with Crippen LogP contribution in [-0.4, -0.2) is 40.4 Å². The predicted octanol–water partition coefficient (Wildman–Crippen LogP) is 1.57. The first-order valence-electron chi connectivity index (χ1n) is 7.41. The monoisotopic (exact) mass is 371 g/mol. The molecule has 2 rings (SSSR count). The average molecular weight is 371 g/mol. The van der Waals surface area contributed by atoms with Crippen molar-refractivity contribution in [2.24, 2.45) is 0 Å². The molecular formula is C16H16F3N3O4. The second-order valence-corrected chi connectivity index (χ2v) is 5.30. The molecule has 0 radical (unpaired) electrons. The normalized spacial score (nSPS) is 11.9. The Balaban J connectivity index is 2.29. The van der Waals surface area contributed by atoms with Crippen LogP contribution in [-0.2, 0) is 4.84 Å². The number of carbonyl (C=O) groups excluding carboxylic acids is 1. The van der Waals surface area contributed by atoms with Gasteiger partial charge in [0.2, 0.25) is 0 Å². The molecule has 1 amide bonds. The first kappa shape index (κ1) is 19.6. The summed E-state index contributed by atoms with van der Waals surface area (Å²) in [5.41, 5.74) is 1.59. The lowest BCUT2D eigenvalue weighted by molar-refractivity contribution is -0.0295. The molecule has 0 aliphatic carbocycles. The number of rotatable bonds is 7. The minimum Gasteiger partial charge on any atom is -0.394 e. The number of carbonyl (C=O) groups is 1. The fourth-order valence-corrected chi connectivity index (χ4v) is 1.89. The minimum absolute atomic E-state index is 0.242. The van der Waals surface area contributed by atoms with Crippen molar-refractivity contribution in [3.63, 3.8) is 0 Å². The minimum atomic E-state index is -1.75. The number of hydrogen-bond acceptors (Lipinski definition) is 6. The zero-order valence-electron chi connectivity index (χ0n) is 13.6. The van der Waals surface area contributed by atoms with Crippen LogP contribution in [0.5, 0.6) is 0 Å². The molecule has 0 spiro atoms. The summed E-state index contributed by atoms with van der Waals surface area (Å²) in [7, 11) is 0. The number of nitrogens with one attached hydrogen (secondary N) is 2. The van der Waals surface area contributed by atoms with Crippen molar-refractivity contribution in [2.45, 2.75) is 13.0 Å². The van der Waals surface area contributed by atoms with Crippen molar-refractivity contribution in [3.05, 3.63) is 53.1 Å². The van der Waals surface area contributed by atoms with E-state index in [2.05, 4.69) is 15.1 Å². The highest BCUT2D eigenvalue weighted by atomic mass is 19.2. The summed E-state index contributed by atoms with van der Waals surface area (Å²) in [6.45, 7) is 0.654. The third kappa shape index (κ3) is 4.69. The van der Waals surface area contributed by atoms with Gasteiger partial charge in [0.15, 0.2) is 17.5 Å². The van der Waals surface area contributed by atoms with E-state index < -0.39 is 53.9 Å². The van der Waals surface area contributed by atoms with E-state index in [0.29, 0.717) is 11.8 Å². The Morgan fingerprint density at radius 2 is 2.04 bits per heavy atom. The van der Waals surface area contributed by atoms with Gasteiger partial charge in [-0.05, 0) is 25.1 Å². The van der Waals surface area contributed by atoms with Crippen molar-refractivity contribution in [1.29, 1.82) is 0 Å². The Hall–Kier alpha value is -2.69. The number of aliphatic hydroxyl groups is 2. The van der Waals surface area contributed by atoms with Gasteiger partial charge in [-0.25, -0.2) is 18.7 Å². The molecule has 2 aromatic rings. The Bertz CT molecular complexity index is 787. The molecule has 1 heterocycles. The number of pyridine rings is 1. The molecule has 1 atom stereocenters. The number of hydrogen-bond donors (Lipinski definition) is 4. The standard InChI is InChI=1S/C16H16F3N3O4/c1-8-2-3-9(5-20-8)21-15-11(4-12(17)13(18)14(15)19)16(25)22-26-7-10(24)6-23/h2-5,10,21,23-24H,6-7H2,1H3,(H,22,25)/t10-/m1/s1. The summed E-state index contributed by atoms with van der Waals surface area (Å²) in [4.78, 5) is 20.7. The number of amides is 1. The van der Waals surface area contributed by atoms with Gasteiger partial charge in [0.1, 0.15) is 12.7 Å². The Morgan fingerprint density at radius 1 is 1.31 bits per heavy atom. The van der Waals surface area contributed by atoms with Crippen molar-refractivity contribution in [3.8, 4) is 0 Å². The fourth-order valence-electron chi connectivity index (χ4n) is 1.89. The predicted molar refractivity (Wildman–Crippen MR) is 85.1 cm³/mol. The van der Waals surface area contributed by atoms with E-state index in [4.69, 9.17) is 10.2 Å². The summed E-state index contributed by atoms with van der Waals surface area (Å²) in [5.74, 6) is -5.99. The van der Waals surface area contributed by atoms with E-state index in [9.17, 15) is 18.0 Å². The third-order valence-corrected chi connectivity index (χ3v) is 3.24. The number of nitrogens with zero attached hydrogens (tertiary/aromatic N) is 1. The molecule has 10 heteroatoms.